The molecule has 0 unspecified atom stereocenters. The second kappa shape index (κ2) is 5.24. The number of hydrogen-bond donors (Lipinski definition) is 2. The van der Waals surface area contributed by atoms with Crippen LogP contribution in [-0.2, 0) is 7.05 Å². The first kappa shape index (κ1) is 13.3. The summed E-state index contributed by atoms with van der Waals surface area (Å²) < 4.78 is 6.74. The van der Waals surface area contributed by atoms with Crippen LogP contribution in [0.25, 0.3) is 0 Å². The molecule has 0 aliphatic heterocycles. The van der Waals surface area contributed by atoms with Gasteiger partial charge in [-0.15, -0.1) is 0 Å². The monoisotopic (exact) mass is 279 g/mol. The Balaban J connectivity index is 2.26. The summed E-state index contributed by atoms with van der Waals surface area (Å²) in [5, 5.41) is 3.17. The average Bonchev–Trinajstić information content (AvgIpc) is 2.71. The van der Waals surface area contributed by atoms with Crippen molar-refractivity contribution in [2.75, 3.05) is 18.2 Å². The lowest BCUT2D eigenvalue weighted by Crippen LogP contribution is -2.15. The van der Waals surface area contributed by atoms with Crippen LogP contribution in [0.1, 0.15) is 10.5 Å². The summed E-state index contributed by atoms with van der Waals surface area (Å²) in [6.45, 7) is 0. The largest absolute Gasteiger partial charge is 0.497 e. The summed E-state index contributed by atoms with van der Waals surface area (Å²) in [6, 6.07) is 6.64. The molecule has 5 nitrogen and oxygen atoms in total. The van der Waals surface area contributed by atoms with Gasteiger partial charge in [0.25, 0.3) is 5.91 Å². The number of benzene rings is 1. The number of anilines is 2. The van der Waals surface area contributed by atoms with Gasteiger partial charge in [-0.3, -0.25) is 4.79 Å². The first-order valence-corrected chi connectivity index (χ1v) is 5.96. The fourth-order valence-corrected chi connectivity index (χ4v) is 1.89. The minimum absolute atomic E-state index is 0.283. The van der Waals surface area contributed by atoms with Crippen molar-refractivity contribution in [3.8, 4) is 5.75 Å². The number of aromatic nitrogens is 1. The highest BCUT2D eigenvalue weighted by Crippen LogP contribution is 2.27. The number of nitrogens with two attached hydrogens (primary N) is 1. The number of halogens is 1. The molecule has 0 aliphatic carbocycles. The molecule has 0 fully saturated rings. The number of methoxy groups -OCH3 is 1. The SMILES string of the molecule is COc1ccc(Cl)c(NC(=O)c2cc(N)cn2C)c1. The Morgan fingerprint density at radius 1 is 1.42 bits per heavy atom. The van der Waals surface area contributed by atoms with Gasteiger partial charge in [-0.1, -0.05) is 11.6 Å². The Morgan fingerprint density at radius 2 is 2.16 bits per heavy atom. The number of hydrogen-bond acceptors (Lipinski definition) is 3. The molecule has 2 aromatic rings. The number of rotatable bonds is 3. The third-order valence-corrected chi connectivity index (χ3v) is 3.01. The van der Waals surface area contributed by atoms with E-state index in [1.165, 1.54) is 0 Å². The zero-order valence-corrected chi connectivity index (χ0v) is 11.4. The maximum absolute atomic E-state index is 12.1. The molecule has 1 aromatic heterocycles. The number of nitrogens with one attached hydrogen (secondary N) is 1. The van der Waals surface area contributed by atoms with E-state index < -0.39 is 0 Å². The highest BCUT2D eigenvalue weighted by atomic mass is 35.5. The topological polar surface area (TPSA) is 69.3 Å². The maximum Gasteiger partial charge on any atom is 0.272 e. The van der Waals surface area contributed by atoms with Gasteiger partial charge in [-0.05, 0) is 18.2 Å². The Bertz CT molecular complexity index is 622. The maximum atomic E-state index is 12.1. The van der Waals surface area contributed by atoms with E-state index in [0.717, 1.165) is 0 Å². The number of aryl methyl sites for hydroxylation is 1. The lowest BCUT2D eigenvalue weighted by atomic mass is 10.3. The van der Waals surface area contributed by atoms with Gasteiger partial charge in [-0.2, -0.15) is 0 Å². The summed E-state index contributed by atoms with van der Waals surface area (Å²) >= 11 is 6.03. The van der Waals surface area contributed by atoms with Crippen LogP contribution in [0.2, 0.25) is 5.02 Å². The van der Waals surface area contributed by atoms with Gasteiger partial charge >= 0.3 is 0 Å². The fraction of sp³-hybridized carbons (Fsp3) is 0.154. The van der Waals surface area contributed by atoms with Crippen LogP contribution in [0.4, 0.5) is 11.4 Å². The van der Waals surface area contributed by atoms with Crippen LogP contribution in [-0.4, -0.2) is 17.6 Å². The van der Waals surface area contributed by atoms with Crippen LogP contribution in [0.3, 0.4) is 0 Å². The lowest BCUT2D eigenvalue weighted by molar-refractivity contribution is 0.101. The molecule has 19 heavy (non-hydrogen) atoms. The van der Waals surface area contributed by atoms with E-state index in [1.807, 2.05) is 0 Å². The number of amides is 1. The van der Waals surface area contributed by atoms with Crippen molar-refractivity contribution >= 4 is 28.9 Å². The molecule has 0 spiro atoms. The van der Waals surface area contributed by atoms with Gasteiger partial charge < -0.3 is 20.4 Å². The predicted octanol–water partition coefficient (Wildman–Crippen LogP) is 2.52. The molecule has 0 saturated carbocycles. The van der Waals surface area contributed by atoms with Crippen molar-refractivity contribution in [2.24, 2.45) is 7.05 Å². The van der Waals surface area contributed by atoms with Crippen molar-refractivity contribution in [1.29, 1.82) is 0 Å². The number of ether oxygens (including phenoxy) is 1. The molecule has 1 amide bonds. The Hall–Kier alpha value is -2.14. The molecule has 0 bridgehead atoms. The minimum Gasteiger partial charge on any atom is -0.497 e. The molecular weight excluding hydrogens is 266 g/mol. The van der Waals surface area contributed by atoms with Gasteiger partial charge in [-0.25, -0.2) is 0 Å². The molecule has 1 aromatic carbocycles. The van der Waals surface area contributed by atoms with Crippen molar-refractivity contribution in [2.45, 2.75) is 0 Å². The molecular formula is C13H14ClN3O2. The highest BCUT2D eigenvalue weighted by molar-refractivity contribution is 6.34. The van der Waals surface area contributed by atoms with Crippen LogP contribution in [0, 0.1) is 0 Å². The van der Waals surface area contributed by atoms with Gasteiger partial charge in [0.2, 0.25) is 0 Å². The minimum atomic E-state index is -0.283. The average molecular weight is 280 g/mol. The third-order valence-electron chi connectivity index (χ3n) is 2.68. The molecule has 0 radical (unpaired) electrons. The first-order valence-electron chi connectivity index (χ1n) is 5.58. The molecule has 0 saturated heterocycles. The molecule has 100 valence electrons. The summed E-state index contributed by atoms with van der Waals surface area (Å²) in [5.41, 5.74) is 7.12. The van der Waals surface area contributed by atoms with E-state index in [-0.39, 0.29) is 5.91 Å². The number of carbonyl (C=O) groups is 1. The smallest absolute Gasteiger partial charge is 0.272 e. The molecule has 0 atom stereocenters. The third kappa shape index (κ3) is 2.82. The fourth-order valence-electron chi connectivity index (χ4n) is 1.73. The molecule has 2 rings (SSSR count). The Morgan fingerprint density at radius 3 is 2.74 bits per heavy atom. The van der Waals surface area contributed by atoms with Crippen molar-refractivity contribution in [1.82, 2.24) is 4.57 Å². The predicted molar refractivity (Wildman–Crippen MR) is 75.8 cm³/mol. The number of nitrogens with zero attached hydrogens (tertiary/aromatic N) is 1. The standard InChI is InChI=1S/C13H14ClN3O2/c1-17-7-8(15)5-12(17)13(18)16-11-6-9(19-2)3-4-10(11)14/h3-7H,15H2,1-2H3,(H,16,18). The highest BCUT2D eigenvalue weighted by Gasteiger charge is 2.13. The Labute approximate surface area is 115 Å². The summed E-state index contributed by atoms with van der Waals surface area (Å²) in [7, 11) is 3.30. The van der Waals surface area contributed by atoms with Crippen LogP contribution < -0.4 is 15.8 Å². The van der Waals surface area contributed by atoms with E-state index in [9.17, 15) is 4.79 Å². The second-order valence-corrected chi connectivity index (χ2v) is 4.48. The van der Waals surface area contributed by atoms with E-state index >= 15 is 0 Å². The number of nitrogen functional groups attached to an aromatic ring is 1. The van der Waals surface area contributed by atoms with Crippen LogP contribution >= 0.6 is 11.6 Å². The summed E-state index contributed by atoms with van der Waals surface area (Å²) in [6.07, 6.45) is 1.67. The van der Waals surface area contributed by atoms with Crippen molar-refractivity contribution in [3.05, 3.63) is 41.2 Å². The van der Waals surface area contributed by atoms with Crippen LogP contribution in [0.5, 0.6) is 5.75 Å². The normalized spacial score (nSPS) is 10.3. The summed E-state index contributed by atoms with van der Waals surface area (Å²) in [4.78, 5) is 12.1. The zero-order valence-electron chi connectivity index (χ0n) is 10.6. The second-order valence-electron chi connectivity index (χ2n) is 4.07. The molecule has 0 aliphatic rings. The number of carbonyl (C=O) groups excluding carboxylic acids is 1. The van der Waals surface area contributed by atoms with E-state index in [2.05, 4.69) is 5.32 Å². The molecule has 3 N–H and O–H groups in total. The first-order chi connectivity index (χ1) is 9.01. The van der Waals surface area contributed by atoms with Gasteiger partial charge in [0.05, 0.1) is 23.5 Å². The summed E-state index contributed by atoms with van der Waals surface area (Å²) in [5.74, 6) is 0.334. The van der Waals surface area contributed by atoms with Crippen LogP contribution in [0.15, 0.2) is 30.5 Å². The lowest BCUT2D eigenvalue weighted by Gasteiger charge is -2.09. The van der Waals surface area contributed by atoms with E-state index in [1.54, 1.807) is 49.2 Å². The van der Waals surface area contributed by atoms with Crippen molar-refractivity contribution in [3.63, 3.8) is 0 Å². The van der Waals surface area contributed by atoms with Gasteiger partial charge in [0.1, 0.15) is 11.4 Å². The quantitative estimate of drug-likeness (QED) is 0.907. The van der Waals surface area contributed by atoms with Gasteiger partial charge in [0.15, 0.2) is 0 Å². The van der Waals surface area contributed by atoms with E-state index in [4.69, 9.17) is 22.1 Å². The zero-order chi connectivity index (χ0) is 14.0. The van der Waals surface area contributed by atoms with Crippen molar-refractivity contribution < 1.29 is 9.53 Å². The molecule has 6 heteroatoms. The Kier molecular flexibility index (Phi) is 3.66. The van der Waals surface area contributed by atoms with Gasteiger partial charge in [0, 0.05) is 19.3 Å². The van der Waals surface area contributed by atoms with E-state index in [0.29, 0.717) is 27.8 Å². The molecule has 1 heterocycles.